The Bertz CT molecular complexity index is 630. The number of aromatic nitrogens is 1. The van der Waals surface area contributed by atoms with E-state index in [1.807, 2.05) is 38.1 Å². The molecule has 0 radical (unpaired) electrons. The van der Waals surface area contributed by atoms with Crippen LogP contribution in [0.25, 0.3) is 11.3 Å². The third kappa shape index (κ3) is 3.48. The molecule has 0 amide bonds. The Morgan fingerprint density at radius 2 is 1.81 bits per heavy atom. The summed E-state index contributed by atoms with van der Waals surface area (Å²) >= 11 is 0. The maximum Gasteiger partial charge on any atom is 0.339 e. The Morgan fingerprint density at radius 1 is 1.14 bits per heavy atom. The molecule has 3 heteroatoms. The minimum Gasteiger partial charge on any atom is -0.462 e. The minimum atomic E-state index is -0.302. The maximum atomic E-state index is 12.0. The Kier molecular flexibility index (Phi) is 4.73. The SMILES string of the molecule is CCOC(=O)c1ccc(-c2ccc(C)cc2)nc1C(C)C. The van der Waals surface area contributed by atoms with Crippen LogP contribution in [0, 0.1) is 6.92 Å². The van der Waals surface area contributed by atoms with Crippen molar-refractivity contribution >= 4 is 5.97 Å². The topological polar surface area (TPSA) is 39.2 Å². The Morgan fingerprint density at radius 3 is 2.38 bits per heavy atom. The van der Waals surface area contributed by atoms with E-state index in [2.05, 4.69) is 24.0 Å². The molecule has 21 heavy (non-hydrogen) atoms. The van der Waals surface area contributed by atoms with Gasteiger partial charge in [0.1, 0.15) is 0 Å². The zero-order valence-electron chi connectivity index (χ0n) is 13.0. The molecule has 0 aliphatic heterocycles. The lowest BCUT2D eigenvalue weighted by atomic mass is 10.0. The van der Waals surface area contributed by atoms with Crippen LogP contribution in [0.4, 0.5) is 0 Å². The van der Waals surface area contributed by atoms with E-state index in [4.69, 9.17) is 4.74 Å². The van der Waals surface area contributed by atoms with Crippen LogP contribution in [-0.2, 0) is 4.74 Å². The van der Waals surface area contributed by atoms with Crippen molar-refractivity contribution in [3.05, 3.63) is 53.2 Å². The van der Waals surface area contributed by atoms with Crippen molar-refractivity contribution in [1.82, 2.24) is 4.98 Å². The van der Waals surface area contributed by atoms with Gasteiger partial charge >= 0.3 is 5.97 Å². The molecular formula is C18H21NO2. The van der Waals surface area contributed by atoms with Gasteiger partial charge in [-0.05, 0) is 31.9 Å². The molecule has 0 unspecified atom stereocenters. The molecule has 0 aliphatic carbocycles. The van der Waals surface area contributed by atoms with Crippen LogP contribution < -0.4 is 0 Å². The summed E-state index contributed by atoms with van der Waals surface area (Å²) in [4.78, 5) is 16.7. The highest BCUT2D eigenvalue weighted by atomic mass is 16.5. The first kappa shape index (κ1) is 15.2. The summed E-state index contributed by atoms with van der Waals surface area (Å²) in [5.74, 6) is -0.140. The van der Waals surface area contributed by atoms with Crippen LogP contribution in [0.2, 0.25) is 0 Å². The van der Waals surface area contributed by atoms with E-state index < -0.39 is 0 Å². The highest BCUT2D eigenvalue weighted by Gasteiger charge is 2.17. The molecule has 3 nitrogen and oxygen atoms in total. The maximum absolute atomic E-state index is 12.0. The monoisotopic (exact) mass is 283 g/mol. The van der Waals surface area contributed by atoms with Crippen molar-refractivity contribution in [2.45, 2.75) is 33.6 Å². The number of aryl methyl sites for hydroxylation is 1. The molecule has 0 saturated heterocycles. The first-order valence-electron chi connectivity index (χ1n) is 7.28. The number of hydrogen-bond acceptors (Lipinski definition) is 3. The lowest BCUT2D eigenvalue weighted by Gasteiger charge is -2.13. The Hall–Kier alpha value is -2.16. The zero-order chi connectivity index (χ0) is 15.4. The predicted molar refractivity (Wildman–Crippen MR) is 84.5 cm³/mol. The summed E-state index contributed by atoms with van der Waals surface area (Å²) in [6.07, 6.45) is 0. The second-order valence-corrected chi connectivity index (χ2v) is 5.37. The molecule has 1 heterocycles. The molecule has 0 spiro atoms. The lowest BCUT2D eigenvalue weighted by Crippen LogP contribution is -2.11. The second kappa shape index (κ2) is 6.53. The van der Waals surface area contributed by atoms with E-state index in [0.717, 1.165) is 17.0 Å². The molecule has 2 aromatic rings. The molecule has 0 bridgehead atoms. The van der Waals surface area contributed by atoms with Gasteiger partial charge in [0.05, 0.1) is 23.6 Å². The Balaban J connectivity index is 2.45. The molecule has 0 N–H and O–H groups in total. The Labute approximate surface area is 126 Å². The van der Waals surface area contributed by atoms with Crippen LogP contribution >= 0.6 is 0 Å². The number of carbonyl (C=O) groups is 1. The first-order valence-corrected chi connectivity index (χ1v) is 7.28. The molecule has 1 aromatic heterocycles. The van der Waals surface area contributed by atoms with Crippen molar-refractivity contribution in [1.29, 1.82) is 0 Å². The van der Waals surface area contributed by atoms with Crippen LogP contribution in [0.1, 0.15) is 48.3 Å². The van der Waals surface area contributed by atoms with E-state index in [-0.39, 0.29) is 11.9 Å². The smallest absolute Gasteiger partial charge is 0.339 e. The molecular weight excluding hydrogens is 262 g/mol. The average Bonchev–Trinajstić information content (AvgIpc) is 2.47. The van der Waals surface area contributed by atoms with Gasteiger partial charge in [-0.2, -0.15) is 0 Å². The van der Waals surface area contributed by atoms with Crippen molar-refractivity contribution in [2.75, 3.05) is 6.61 Å². The molecule has 0 saturated carbocycles. The fraction of sp³-hybridized carbons (Fsp3) is 0.333. The number of rotatable bonds is 4. The lowest BCUT2D eigenvalue weighted by molar-refractivity contribution is 0.0524. The summed E-state index contributed by atoms with van der Waals surface area (Å²) in [5.41, 5.74) is 4.49. The van der Waals surface area contributed by atoms with Crippen molar-refractivity contribution in [3.8, 4) is 11.3 Å². The van der Waals surface area contributed by atoms with Gasteiger partial charge in [0.2, 0.25) is 0 Å². The number of pyridine rings is 1. The van der Waals surface area contributed by atoms with Gasteiger partial charge in [0.25, 0.3) is 0 Å². The van der Waals surface area contributed by atoms with Gasteiger partial charge in [0, 0.05) is 5.56 Å². The minimum absolute atomic E-state index is 0.162. The summed E-state index contributed by atoms with van der Waals surface area (Å²) in [7, 11) is 0. The first-order chi connectivity index (χ1) is 10.0. The second-order valence-electron chi connectivity index (χ2n) is 5.37. The summed E-state index contributed by atoms with van der Waals surface area (Å²) < 4.78 is 5.10. The quantitative estimate of drug-likeness (QED) is 0.783. The number of ether oxygens (including phenoxy) is 1. The van der Waals surface area contributed by atoms with Crippen molar-refractivity contribution in [3.63, 3.8) is 0 Å². The van der Waals surface area contributed by atoms with Gasteiger partial charge in [-0.1, -0.05) is 43.7 Å². The number of esters is 1. The van der Waals surface area contributed by atoms with Crippen LogP contribution in [0.5, 0.6) is 0 Å². The third-order valence-electron chi connectivity index (χ3n) is 3.31. The highest BCUT2D eigenvalue weighted by Crippen LogP contribution is 2.24. The van der Waals surface area contributed by atoms with Gasteiger partial charge < -0.3 is 4.74 Å². The van der Waals surface area contributed by atoms with Crippen molar-refractivity contribution in [2.24, 2.45) is 0 Å². The number of benzene rings is 1. The van der Waals surface area contributed by atoms with Crippen LogP contribution in [0.3, 0.4) is 0 Å². The molecule has 0 atom stereocenters. The molecule has 2 rings (SSSR count). The molecule has 1 aromatic carbocycles. The number of hydrogen-bond donors (Lipinski definition) is 0. The van der Waals surface area contributed by atoms with E-state index in [1.54, 1.807) is 6.92 Å². The molecule has 0 aliphatic rings. The zero-order valence-corrected chi connectivity index (χ0v) is 13.0. The summed E-state index contributed by atoms with van der Waals surface area (Å²) in [5, 5.41) is 0. The van der Waals surface area contributed by atoms with E-state index in [1.165, 1.54) is 5.56 Å². The average molecular weight is 283 g/mol. The molecule has 0 fully saturated rings. The standard InChI is InChI=1S/C18H21NO2/c1-5-21-18(20)15-10-11-16(19-17(15)12(2)3)14-8-6-13(4)7-9-14/h6-12H,5H2,1-4H3. The fourth-order valence-corrected chi connectivity index (χ4v) is 2.18. The highest BCUT2D eigenvalue weighted by molar-refractivity contribution is 5.91. The number of nitrogens with zero attached hydrogens (tertiary/aromatic N) is 1. The summed E-state index contributed by atoms with van der Waals surface area (Å²) in [6.45, 7) is 8.30. The van der Waals surface area contributed by atoms with Crippen LogP contribution in [0.15, 0.2) is 36.4 Å². The van der Waals surface area contributed by atoms with Gasteiger partial charge in [-0.15, -0.1) is 0 Å². The van der Waals surface area contributed by atoms with E-state index in [0.29, 0.717) is 12.2 Å². The van der Waals surface area contributed by atoms with Crippen molar-refractivity contribution < 1.29 is 9.53 Å². The number of carbonyl (C=O) groups excluding carboxylic acids is 1. The van der Waals surface area contributed by atoms with Gasteiger partial charge in [-0.3, -0.25) is 4.98 Å². The van der Waals surface area contributed by atoms with E-state index in [9.17, 15) is 4.79 Å². The van der Waals surface area contributed by atoms with E-state index >= 15 is 0 Å². The normalized spacial score (nSPS) is 10.7. The largest absolute Gasteiger partial charge is 0.462 e. The van der Waals surface area contributed by atoms with Gasteiger partial charge in [0.15, 0.2) is 0 Å². The van der Waals surface area contributed by atoms with Crippen LogP contribution in [-0.4, -0.2) is 17.6 Å². The fourth-order valence-electron chi connectivity index (χ4n) is 2.18. The predicted octanol–water partition coefficient (Wildman–Crippen LogP) is 4.36. The third-order valence-corrected chi connectivity index (χ3v) is 3.31. The molecule has 110 valence electrons. The van der Waals surface area contributed by atoms with Gasteiger partial charge in [-0.25, -0.2) is 4.79 Å². The summed E-state index contributed by atoms with van der Waals surface area (Å²) in [6, 6.07) is 11.9.